The molecule has 0 spiro atoms. The summed E-state index contributed by atoms with van der Waals surface area (Å²) in [6, 6.07) is 0. The van der Waals surface area contributed by atoms with E-state index in [1.807, 2.05) is 6.08 Å². The summed E-state index contributed by atoms with van der Waals surface area (Å²) >= 11 is 0. The molecule has 0 saturated heterocycles. The van der Waals surface area contributed by atoms with Crippen molar-refractivity contribution in [2.45, 2.75) is 51.9 Å². The number of carbonyl (C=O) groups excluding carboxylic acids is 2. The largest absolute Gasteiger partial charge is 0.290 e. The van der Waals surface area contributed by atoms with E-state index in [0.717, 1.165) is 12.3 Å². The Morgan fingerprint density at radius 2 is 1.90 bits per heavy atom. The topological polar surface area (TPSA) is 34.1 Å². The van der Waals surface area contributed by atoms with E-state index in [0.29, 0.717) is 23.2 Å². The zero-order valence-corrected chi connectivity index (χ0v) is 12.3. The lowest BCUT2D eigenvalue weighted by atomic mass is 9.51. The van der Waals surface area contributed by atoms with Gasteiger partial charge in [-0.3, -0.25) is 9.59 Å². The van der Waals surface area contributed by atoms with Crippen LogP contribution >= 0.6 is 0 Å². The molecule has 4 aliphatic carbocycles. The standard InChI is InChI=1S/C18H24O2/c1-18-9-2-3-14(18)12-6-4-11-5-7-15(19)17(20)16(11)13(12)8-10-18/h5,7,11-14,16H,2-4,6,8-10H2,1H3/t11?,12-,13+,14+,16+,18+/m1/s1. The molecule has 0 amide bonds. The van der Waals surface area contributed by atoms with Gasteiger partial charge in [0, 0.05) is 5.92 Å². The van der Waals surface area contributed by atoms with E-state index >= 15 is 0 Å². The van der Waals surface area contributed by atoms with Gasteiger partial charge in [-0.15, -0.1) is 0 Å². The Hall–Kier alpha value is -0.920. The summed E-state index contributed by atoms with van der Waals surface area (Å²) in [4.78, 5) is 24.2. The maximum atomic E-state index is 12.4. The highest BCUT2D eigenvalue weighted by Crippen LogP contribution is 2.61. The fraction of sp³-hybridized carbons (Fsp3) is 0.778. The Balaban J connectivity index is 1.67. The number of hydrogen-bond donors (Lipinski definition) is 0. The minimum absolute atomic E-state index is 0.0244. The number of Topliss-reactive ketones (excluding diaryl/α,β-unsaturated/α-hetero) is 1. The van der Waals surface area contributed by atoms with Crippen molar-refractivity contribution in [1.82, 2.24) is 0 Å². The van der Waals surface area contributed by atoms with Crippen LogP contribution in [0.3, 0.4) is 0 Å². The first-order valence-corrected chi connectivity index (χ1v) is 8.36. The van der Waals surface area contributed by atoms with Crippen molar-refractivity contribution in [2.24, 2.45) is 35.0 Å². The van der Waals surface area contributed by atoms with E-state index in [-0.39, 0.29) is 17.5 Å². The minimum Gasteiger partial charge on any atom is -0.290 e. The highest BCUT2D eigenvalue weighted by Gasteiger charge is 2.55. The van der Waals surface area contributed by atoms with Gasteiger partial charge >= 0.3 is 0 Å². The van der Waals surface area contributed by atoms with E-state index in [9.17, 15) is 9.59 Å². The Labute approximate surface area is 121 Å². The molecule has 6 atom stereocenters. The van der Waals surface area contributed by atoms with Crippen LogP contribution in [0.4, 0.5) is 0 Å². The van der Waals surface area contributed by atoms with Gasteiger partial charge in [0.15, 0.2) is 0 Å². The van der Waals surface area contributed by atoms with Crippen molar-refractivity contribution >= 4 is 11.6 Å². The van der Waals surface area contributed by atoms with Crippen molar-refractivity contribution in [1.29, 1.82) is 0 Å². The Morgan fingerprint density at radius 3 is 2.75 bits per heavy atom. The van der Waals surface area contributed by atoms with Crippen molar-refractivity contribution in [3.63, 3.8) is 0 Å². The number of carbonyl (C=O) groups is 2. The van der Waals surface area contributed by atoms with Crippen LogP contribution < -0.4 is 0 Å². The molecule has 2 heteroatoms. The molecule has 108 valence electrons. The maximum absolute atomic E-state index is 12.4. The van der Waals surface area contributed by atoms with Crippen LogP contribution in [0, 0.1) is 35.0 Å². The van der Waals surface area contributed by atoms with Gasteiger partial charge in [-0.1, -0.05) is 19.4 Å². The molecular weight excluding hydrogens is 248 g/mol. The molecule has 1 unspecified atom stereocenters. The van der Waals surface area contributed by atoms with Gasteiger partial charge in [-0.2, -0.15) is 0 Å². The van der Waals surface area contributed by atoms with Gasteiger partial charge in [0.1, 0.15) is 0 Å². The second-order valence-electron chi connectivity index (χ2n) is 7.87. The average Bonchev–Trinajstić information content (AvgIpc) is 2.84. The van der Waals surface area contributed by atoms with Gasteiger partial charge in [0.05, 0.1) is 0 Å². The number of rotatable bonds is 0. The number of allylic oxidation sites excluding steroid dienone is 2. The van der Waals surface area contributed by atoms with Gasteiger partial charge in [0.25, 0.3) is 0 Å². The van der Waals surface area contributed by atoms with Gasteiger partial charge in [-0.05, 0) is 73.7 Å². The third kappa shape index (κ3) is 1.63. The summed E-state index contributed by atoms with van der Waals surface area (Å²) in [6.45, 7) is 2.47. The van der Waals surface area contributed by atoms with Crippen LogP contribution in [0.2, 0.25) is 0 Å². The monoisotopic (exact) mass is 272 g/mol. The lowest BCUT2D eigenvalue weighted by Gasteiger charge is -2.53. The van der Waals surface area contributed by atoms with Crippen molar-refractivity contribution < 1.29 is 9.59 Å². The number of hydrogen-bond acceptors (Lipinski definition) is 2. The molecule has 4 aliphatic rings. The quantitative estimate of drug-likeness (QED) is 0.632. The molecular formula is C18H24O2. The van der Waals surface area contributed by atoms with Crippen LogP contribution in [0.25, 0.3) is 0 Å². The van der Waals surface area contributed by atoms with Crippen LogP contribution in [0.5, 0.6) is 0 Å². The fourth-order valence-corrected chi connectivity index (χ4v) is 6.12. The summed E-state index contributed by atoms with van der Waals surface area (Å²) in [5, 5.41) is 0. The van der Waals surface area contributed by atoms with Crippen molar-refractivity contribution in [3.8, 4) is 0 Å². The molecule has 0 heterocycles. The van der Waals surface area contributed by atoms with E-state index in [1.165, 1.54) is 44.6 Å². The first kappa shape index (κ1) is 12.8. The highest BCUT2D eigenvalue weighted by molar-refractivity contribution is 6.43. The maximum Gasteiger partial charge on any atom is 0.221 e. The van der Waals surface area contributed by atoms with Gasteiger partial charge < -0.3 is 0 Å². The third-order valence-electron chi connectivity index (χ3n) is 7.07. The fourth-order valence-electron chi connectivity index (χ4n) is 6.12. The van der Waals surface area contributed by atoms with Crippen molar-refractivity contribution in [3.05, 3.63) is 12.2 Å². The molecule has 0 aromatic heterocycles. The van der Waals surface area contributed by atoms with E-state index < -0.39 is 0 Å². The molecule has 3 fully saturated rings. The molecule has 4 rings (SSSR count). The van der Waals surface area contributed by atoms with Crippen LogP contribution in [-0.4, -0.2) is 11.6 Å². The first-order chi connectivity index (χ1) is 9.60. The highest BCUT2D eigenvalue weighted by atomic mass is 16.2. The molecule has 3 saturated carbocycles. The van der Waals surface area contributed by atoms with E-state index in [1.54, 1.807) is 0 Å². The summed E-state index contributed by atoms with van der Waals surface area (Å²) in [6.07, 6.45) is 12.5. The zero-order chi connectivity index (χ0) is 13.9. The molecule has 2 nitrogen and oxygen atoms in total. The average molecular weight is 272 g/mol. The zero-order valence-electron chi connectivity index (χ0n) is 12.3. The SMILES string of the molecule is C[C@@]12CCC[C@H]1[C@@H]1CCC3C=CC(=O)C(=O)[C@@H]3[C@H]1CC2. The lowest BCUT2D eigenvalue weighted by molar-refractivity contribution is -0.143. The number of fused-ring (bicyclic) bond motifs is 5. The predicted octanol–water partition coefficient (Wildman–Crippen LogP) is 3.55. The Kier molecular flexibility index (Phi) is 2.74. The van der Waals surface area contributed by atoms with Gasteiger partial charge in [-0.25, -0.2) is 0 Å². The summed E-state index contributed by atoms with van der Waals surface area (Å²) in [7, 11) is 0. The third-order valence-corrected chi connectivity index (χ3v) is 7.07. The smallest absolute Gasteiger partial charge is 0.221 e. The molecule has 0 radical (unpaired) electrons. The normalized spacial score (nSPS) is 50.5. The lowest BCUT2D eigenvalue weighted by Crippen LogP contribution is -2.49. The minimum atomic E-state index is -0.244. The summed E-state index contributed by atoms with van der Waals surface area (Å²) in [5.41, 5.74) is 0.533. The molecule has 0 aromatic carbocycles. The van der Waals surface area contributed by atoms with Crippen molar-refractivity contribution in [2.75, 3.05) is 0 Å². The van der Waals surface area contributed by atoms with Gasteiger partial charge in [0.2, 0.25) is 11.6 Å². The van der Waals surface area contributed by atoms with E-state index in [2.05, 4.69) is 6.92 Å². The molecule has 0 aliphatic heterocycles. The molecule has 20 heavy (non-hydrogen) atoms. The molecule has 0 aromatic rings. The number of ketones is 2. The first-order valence-electron chi connectivity index (χ1n) is 8.36. The van der Waals surface area contributed by atoms with Crippen LogP contribution in [0.15, 0.2) is 12.2 Å². The summed E-state index contributed by atoms with van der Waals surface area (Å²) in [5.74, 6) is 2.08. The Bertz CT molecular complexity index is 492. The predicted molar refractivity (Wildman–Crippen MR) is 77.0 cm³/mol. The summed E-state index contributed by atoms with van der Waals surface area (Å²) < 4.78 is 0. The Morgan fingerprint density at radius 1 is 1.05 bits per heavy atom. The molecule has 0 bridgehead atoms. The van der Waals surface area contributed by atoms with E-state index in [4.69, 9.17) is 0 Å². The second-order valence-corrected chi connectivity index (χ2v) is 7.87. The van der Waals surface area contributed by atoms with Crippen LogP contribution in [0.1, 0.15) is 51.9 Å². The van der Waals surface area contributed by atoms with Crippen LogP contribution in [-0.2, 0) is 9.59 Å². The molecule has 0 N–H and O–H groups in total. The second kappa shape index (κ2) is 4.29.